The Bertz CT molecular complexity index is 668. The molecule has 2 aliphatic rings. The quantitative estimate of drug-likeness (QED) is 0.795. The van der Waals surface area contributed by atoms with E-state index in [0.717, 1.165) is 37.2 Å². The maximum absolute atomic E-state index is 12.7. The maximum atomic E-state index is 12.7. The van der Waals surface area contributed by atoms with Crippen molar-refractivity contribution in [3.8, 4) is 0 Å². The van der Waals surface area contributed by atoms with Crippen molar-refractivity contribution in [3.63, 3.8) is 0 Å². The Morgan fingerprint density at radius 2 is 1.85 bits per heavy atom. The number of ether oxygens (including phenoxy) is 1. The lowest BCUT2D eigenvalue weighted by Crippen LogP contribution is -2.53. The van der Waals surface area contributed by atoms with E-state index in [2.05, 4.69) is 11.8 Å². The van der Waals surface area contributed by atoms with Crippen LogP contribution in [0.15, 0.2) is 18.2 Å². The molecule has 3 rings (SSSR count). The zero-order valence-corrected chi connectivity index (χ0v) is 16.0. The Kier molecular flexibility index (Phi) is 5.94. The molecule has 0 spiro atoms. The molecule has 0 aliphatic carbocycles. The van der Waals surface area contributed by atoms with Crippen LogP contribution in [0.25, 0.3) is 0 Å². The van der Waals surface area contributed by atoms with Gasteiger partial charge in [-0.25, -0.2) is 0 Å². The van der Waals surface area contributed by atoms with Crippen molar-refractivity contribution in [2.24, 2.45) is 0 Å². The Morgan fingerprint density at radius 3 is 2.50 bits per heavy atom. The molecule has 2 amide bonds. The monoisotopic (exact) mass is 359 g/mol. The van der Waals surface area contributed by atoms with Crippen molar-refractivity contribution in [1.82, 2.24) is 14.7 Å². The third-order valence-electron chi connectivity index (χ3n) is 5.63. The van der Waals surface area contributed by atoms with Crippen LogP contribution in [-0.2, 0) is 9.53 Å². The van der Waals surface area contributed by atoms with Crippen molar-refractivity contribution in [3.05, 3.63) is 34.9 Å². The normalized spacial score (nSPS) is 21.5. The van der Waals surface area contributed by atoms with E-state index in [9.17, 15) is 9.59 Å². The predicted octanol–water partition coefficient (Wildman–Crippen LogP) is 1.31. The molecule has 2 heterocycles. The zero-order valence-electron chi connectivity index (χ0n) is 16.0. The highest BCUT2D eigenvalue weighted by atomic mass is 16.5. The second kappa shape index (κ2) is 8.18. The highest BCUT2D eigenvalue weighted by Gasteiger charge is 2.37. The zero-order chi connectivity index (χ0) is 18.7. The Balaban J connectivity index is 1.55. The van der Waals surface area contributed by atoms with Gasteiger partial charge >= 0.3 is 0 Å². The van der Waals surface area contributed by atoms with Gasteiger partial charge in [-0.3, -0.25) is 14.5 Å². The summed E-state index contributed by atoms with van der Waals surface area (Å²) < 4.78 is 5.08. The van der Waals surface area contributed by atoms with Crippen LogP contribution in [-0.4, -0.2) is 85.5 Å². The van der Waals surface area contributed by atoms with Gasteiger partial charge in [-0.1, -0.05) is 6.07 Å². The average molecular weight is 359 g/mol. The first-order chi connectivity index (χ1) is 12.5. The molecule has 0 saturated carbocycles. The van der Waals surface area contributed by atoms with Gasteiger partial charge < -0.3 is 14.5 Å². The molecule has 1 aromatic carbocycles. The van der Waals surface area contributed by atoms with Crippen LogP contribution in [0.4, 0.5) is 0 Å². The number of methoxy groups -OCH3 is 1. The smallest absolute Gasteiger partial charge is 0.253 e. The number of aryl methyl sites for hydroxylation is 2. The van der Waals surface area contributed by atoms with Gasteiger partial charge in [-0.05, 0) is 43.5 Å². The van der Waals surface area contributed by atoms with Gasteiger partial charge in [0.2, 0.25) is 5.91 Å². The highest BCUT2D eigenvalue weighted by Crippen LogP contribution is 2.20. The number of piperazine rings is 1. The largest absolute Gasteiger partial charge is 0.383 e. The minimum atomic E-state index is -0.0364. The minimum Gasteiger partial charge on any atom is -0.383 e. The molecule has 142 valence electrons. The fraction of sp³-hybridized carbons (Fsp3) is 0.600. The summed E-state index contributed by atoms with van der Waals surface area (Å²) in [6.45, 7) is 8.99. The number of likely N-dealkylation sites (tertiary alicyclic amines) is 1. The molecular weight excluding hydrogens is 330 g/mol. The van der Waals surface area contributed by atoms with Gasteiger partial charge in [0.25, 0.3) is 5.91 Å². The second-order valence-corrected chi connectivity index (χ2v) is 7.25. The number of benzene rings is 1. The summed E-state index contributed by atoms with van der Waals surface area (Å²) in [6, 6.07) is 5.85. The summed E-state index contributed by atoms with van der Waals surface area (Å²) in [5.74, 6) is 0.295. The molecule has 2 aliphatic heterocycles. The van der Waals surface area contributed by atoms with Crippen LogP contribution in [0.3, 0.4) is 0 Å². The SMILES string of the molecule is COCCN1CCC(N2CCN(C(=O)c3ccc(C)c(C)c3)CC2)C1=O. The second-order valence-electron chi connectivity index (χ2n) is 7.25. The Hall–Kier alpha value is -1.92. The van der Waals surface area contributed by atoms with Crippen molar-refractivity contribution < 1.29 is 14.3 Å². The van der Waals surface area contributed by atoms with Gasteiger partial charge in [0.15, 0.2) is 0 Å². The van der Waals surface area contributed by atoms with Crippen LogP contribution in [0.1, 0.15) is 27.9 Å². The maximum Gasteiger partial charge on any atom is 0.253 e. The molecule has 1 atom stereocenters. The Morgan fingerprint density at radius 1 is 1.12 bits per heavy atom. The van der Waals surface area contributed by atoms with E-state index in [-0.39, 0.29) is 17.9 Å². The lowest BCUT2D eigenvalue weighted by molar-refractivity contribution is -0.133. The number of nitrogens with zero attached hydrogens (tertiary/aromatic N) is 3. The minimum absolute atomic E-state index is 0.0364. The molecule has 6 nitrogen and oxygen atoms in total. The van der Waals surface area contributed by atoms with E-state index >= 15 is 0 Å². The third kappa shape index (κ3) is 3.91. The van der Waals surface area contributed by atoms with Gasteiger partial charge in [-0.2, -0.15) is 0 Å². The van der Waals surface area contributed by atoms with Gasteiger partial charge in [-0.15, -0.1) is 0 Å². The number of hydrogen-bond acceptors (Lipinski definition) is 4. The van der Waals surface area contributed by atoms with E-state index in [0.29, 0.717) is 26.2 Å². The van der Waals surface area contributed by atoms with Crippen LogP contribution < -0.4 is 0 Å². The van der Waals surface area contributed by atoms with Crippen LogP contribution in [0.5, 0.6) is 0 Å². The number of carbonyl (C=O) groups excluding carboxylic acids is 2. The molecule has 2 saturated heterocycles. The first-order valence-corrected chi connectivity index (χ1v) is 9.39. The van der Waals surface area contributed by atoms with Crippen molar-refractivity contribution >= 4 is 11.8 Å². The van der Waals surface area contributed by atoms with E-state index in [4.69, 9.17) is 4.74 Å². The lowest BCUT2D eigenvalue weighted by Gasteiger charge is -2.37. The lowest BCUT2D eigenvalue weighted by atomic mass is 10.1. The molecule has 0 N–H and O–H groups in total. The molecule has 0 bridgehead atoms. The fourth-order valence-electron chi connectivity index (χ4n) is 3.78. The highest BCUT2D eigenvalue weighted by molar-refractivity contribution is 5.94. The topological polar surface area (TPSA) is 53.1 Å². The van der Waals surface area contributed by atoms with E-state index < -0.39 is 0 Å². The molecule has 0 aromatic heterocycles. The molecule has 0 radical (unpaired) electrons. The van der Waals surface area contributed by atoms with Crippen LogP contribution >= 0.6 is 0 Å². The molecule has 1 aromatic rings. The Labute approximate surface area is 155 Å². The molecule has 26 heavy (non-hydrogen) atoms. The van der Waals surface area contributed by atoms with Gasteiger partial charge in [0, 0.05) is 51.9 Å². The summed E-state index contributed by atoms with van der Waals surface area (Å²) in [6.07, 6.45) is 0.869. The van der Waals surface area contributed by atoms with Crippen molar-refractivity contribution in [2.75, 3.05) is 53.0 Å². The number of amides is 2. The summed E-state index contributed by atoms with van der Waals surface area (Å²) in [5.41, 5.74) is 3.09. The summed E-state index contributed by atoms with van der Waals surface area (Å²) >= 11 is 0. The number of hydrogen-bond donors (Lipinski definition) is 0. The summed E-state index contributed by atoms with van der Waals surface area (Å²) in [7, 11) is 1.66. The van der Waals surface area contributed by atoms with Gasteiger partial charge in [0.1, 0.15) is 0 Å². The van der Waals surface area contributed by atoms with Gasteiger partial charge in [0.05, 0.1) is 12.6 Å². The van der Waals surface area contributed by atoms with E-state index in [1.54, 1.807) is 7.11 Å². The summed E-state index contributed by atoms with van der Waals surface area (Å²) in [5, 5.41) is 0. The standard InChI is InChI=1S/C20H29N3O3/c1-15-4-5-17(14-16(15)2)19(24)23-10-8-21(9-11-23)18-6-7-22(20(18)25)12-13-26-3/h4-5,14,18H,6-13H2,1-3H3. The van der Waals surface area contributed by atoms with Crippen molar-refractivity contribution in [2.45, 2.75) is 26.3 Å². The third-order valence-corrected chi connectivity index (χ3v) is 5.63. The fourth-order valence-corrected chi connectivity index (χ4v) is 3.78. The van der Waals surface area contributed by atoms with Crippen molar-refractivity contribution in [1.29, 1.82) is 0 Å². The summed E-state index contributed by atoms with van der Waals surface area (Å²) in [4.78, 5) is 31.3. The molecule has 2 fully saturated rings. The first-order valence-electron chi connectivity index (χ1n) is 9.39. The number of carbonyl (C=O) groups is 2. The average Bonchev–Trinajstić information content (AvgIpc) is 3.02. The first kappa shape index (κ1) is 18.9. The van der Waals surface area contributed by atoms with Crippen LogP contribution in [0, 0.1) is 13.8 Å². The van der Waals surface area contributed by atoms with E-state index in [1.807, 2.05) is 34.9 Å². The number of rotatable bonds is 5. The van der Waals surface area contributed by atoms with E-state index in [1.165, 1.54) is 5.56 Å². The predicted molar refractivity (Wildman–Crippen MR) is 100 cm³/mol. The van der Waals surface area contributed by atoms with Crippen LogP contribution in [0.2, 0.25) is 0 Å². The molecule has 1 unspecified atom stereocenters. The molecular formula is C20H29N3O3. The molecule has 6 heteroatoms.